The quantitative estimate of drug-likeness (QED) is 0.786. The van der Waals surface area contributed by atoms with E-state index in [1.54, 1.807) is 0 Å². The van der Waals surface area contributed by atoms with Crippen molar-refractivity contribution in [2.45, 2.75) is 44.5 Å². The van der Waals surface area contributed by atoms with Crippen molar-refractivity contribution in [3.05, 3.63) is 0 Å². The van der Waals surface area contributed by atoms with E-state index in [9.17, 15) is 21.6 Å². The van der Waals surface area contributed by atoms with E-state index in [-0.39, 0.29) is 19.0 Å². The van der Waals surface area contributed by atoms with Crippen LogP contribution in [0.4, 0.5) is 13.2 Å². The Balaban J connectivity index is 2.08. The second-order valence-electron chi connectivity index (χ2n) is 5.70. The van der Waals surface area contributed by atoms with Crippen LogP contribution in [0, 0.1) is 17.8 Å². The molecule has 0 radical (unpaired) electrons. The maximum Gasteiger partial charge on any atom is 0.511 e. The fraction of sp³-hybridized carbons (Fsp3) is 1.00. The lowest BCUT2D eigenvalue weighted by molar-refractivity contribution is -0.0512. The van der Waals surface area contributed by atoms with Crippen molar-refractivity contribution in [1.29, 1.82) is 0 Å². The van der Waals surface area contributed by atoms with Crippen LogP contribution in [0.5, 0.6) is 0 Å². The Morgan fingerprint density at radius 2 is 1.84 bits per heavy atom. The number of nitrogens with zero attached hydrogens (tertiary/aromatic N) is 1. The molecule has 19 heavy (non-hydrogen) atoms. The maximum atomic E-state index is 12.6. The van der Waals surface area contributed by atoms with Gasteiger partial charge in [-0.05, 0) is 37.0 Å². The standard InChI is InChI=1S/C12H20F3NO2S/c1-2-9-3-4-10-5-6-16(8-11(10)7-9)19(17,18)12(13,14)15/h9-11H,2-8H2,1H3. The van der Waals surface area contributed by atoms with Gasteiger partial charge in [-0.3, -0.25) is 0 Å². The van der Waals surface area contributed by atoms with Gasteiger partial charge in [-0.2, -0.15) is 17.5 Å². The van der Waals surface area contributed by atoms with Crippen LogP contribution in [0.15, 0.2) is 0 Å². The first-order valence-electron chi connectivity index (χ1n) is 6.82. The van der Waals surface area contributed by atoms with Crippen molar-refractivity contribution >= 4 is 10.0 Å². The molecule has 112 valence electrons. The van der Waals surface area contributed by atoms with E-state index in [2.05, 4.69) is 6.92 Å². The Morgan fingerprint density at radius 1 is 1.16 bits per heavy atom. The number of halogens is 3. The molecule has 1 heterocycles. The van der Waals surface area contributed by atoms with Crippen LogP contribution in [0.25, 0.3) is 0 Å². The van der Waals surface area contributed by atoms with E-state index in [4.69, 9.17) is 0 Å². The van der Waals surface area contributed by atoms with Crippen molar-refractivity contribution in [3.63, 3.8) is 0 Å². The van der Waals surface area contributed by atoms with Crippen molar-refractivity contribution in [3.8, 4) is 0 Å². The molecule has 7 heteroatoms. The van der Waals surface area contributed by atoms with Gasteiger partial charge in [0.15, 0.2) is 0 Å². The minimum Gasteiger partial charge on any atom is -0.203 e. The average molecular weight is 299 g/mol. The minimum absolute atomic E-state index is 0.0137. The number of sulfonamides is 1. The van der Waals surface area contributed by atoms with Crippen molar-refractivity contribution in [2.24, 2.45) is 17.8 Å². The summed E-state index contributed by atoms with van der Waals surface area (Å²) in [6, 6.07) is 0. The Morgan fingerprint density at radius 3 is 2.42 bits per heavy atom. The Bertz CT molecular complexity index is 421. The molecule has 3 atom stereocenters. The molecule has 1 saturated heterocycles. The van der Waals surface area contributed by atoms with Crippen molar-refractivity contribution in [2.75, 3.05) is 13.1 Å². The highest BCUT2D eigenvalue weighted by Crippen LogP contribution is 2.42. The third-order valence-electron chi connectivity index (χ3n) is 4.65. The van der Waals surface area contributed by atoms with Gasteiger partial charge in [0, 0.05) is 13.1 Å². The van der Waals surface area contributed by atoms with Crippen LogP contribution < -0.4 is 0 Å². The molecule has 1 aliphatic heterocycles. The first-order valence-corrected chi connectivity index (χ1v) is 8.26. The predicted octanol–water partition coefficient (Wildman–Crippen LogP) is 2.98. The van der Waals surface area contributed by atoms with Crippen LogP contribution in [-0.2, 0) is 10.0 Å². The lowest BCUT2D eigenvalue weighted by atomic mass is 9.70. The zero-order chi connectivity index (χ0) is 14.3. The molecule has 2 rings (SSSR count). The summed E-state index contributed by atoms with van der Waals surface area (Å²) < 4.78 is 61.2. The fourth-order valence-corrected chi connectivity index (χ4v) is 4.45. The van der Waals surface area contributed by atoms with Crippen molar-refractivity contribution < 1.29 is 21.6 Å². The molecule has 0 aromatic rings. The van der Waals surface area contributed by atoms with Gasteiger partial charge < -0.3 is 0 Å². The van der Waals surface area contributed by atoms with Gasteiger partial charge in [0.1, 0.15) is 0 Å². The van der Waals surface area contributed by atoms with Crippen LogP contribution in [0.3, 0.4) is 0 Å². The molecule has 3 nitrogen and oxygen atoms in total. The van der Waals surface area contributed by atoms with E-state index in [0.717, 1.165) is 25.7 Å². The highest BCUT2D eigenvalue weighted by Gasteiger charge is 2.51. The molecule has 0 amide bonds. The third-order valence-corrected chi connectivity index (χ3v) is 6.24. The fourth-order valence-electron chi connectivity index (χ4n) is 3.43. The second-order valence-corrected chi connectivity index (χ2v) is 7.63. The Labute approximate surface area is 112 Å². The summed E-state index contributed by atoms with van der Waals surface area (Å²) in [5, 5.41) is 0. The molecule has 0 aromatic heterocycles. The lowest BCUT2D eigenvalue weighted by Crippen LogP contribution is -2.49. The number of fused-ring (bicyclic) bond motifs is 1. The normalized spacial score (nSPS) is 34.0. The Hall–Kier alpha value is -0.300. The molecule has 0 bridgehead atoms. The second kappa shape index (κ2) is 5.24. The average Bonchev–Trinajstić information content (AvgIpc) is 2.36. The molecule has 0 aromatic carbocycles. The highest BCUT2D eigenvalue weighted by atomic mass is 32.2. The Kier molecular flexibility index (Phi) is 4.16. The van der Waals surface area contributed by atoms with Gasteiger partial charge in [-0.25, -0.2) is 8.42 Å². The number of hydrogen-bond acceptors (Lipinski definition) is 2. The minimum atomic E-state index is -5.17. The summed E-state index contributed by atoms with van der Waals surface area (Å²) in [4.78, 5) is 0. The van der Waals surface area contributed by atoms with E-state index in [1.807, 2.05) is 0 Å². The number of piperidine rings is 1. The number of rotatable bonds is 2. The summed E-state index contributed by atoms with van der Waals surface area (Å²) in [7, 11) is -5.14. The van der Waals surface area contributed by atoms with E-state index >= 15 is 0 Å². The monoisotopic (exact) mass is 299 g/mol. The molecule has 1 saturated carbocycles. The number of hydrogen-bond donors (Lipinski definition) is 0. The molecule has 2 aliphatic rings. The van der Waals surface area contributed by atoms with Crippen LogP contribution in [-0.4, -0.2) is 31.3 Å². The van der Waals surface area contributed by atoms with Crippen LogP contribution in [0.2, 0.25) is 0 Å². The van der Waals surface area contributed by atoms with Gasteiger partial charge in [0.05, 0.1) is 0 Å². The van der Waals surface area contributed by atoms with Gasteiger partial charge in [-0.1, -0.05) is 19.8 Å². The molecule has 0 N–H and O–H groups in total. The molecule has 2 fully saturated rings. The zero-order valence-corrected chi connectivity index (χ0v) is 11.8. The summed E-state index contributed by atoms with van der Waals surface area (Å²) >= 11 is 0. The predicted molar refractivity (Wildman–Crippen MR) is 65.8 cm³/mol. The largest absolute Gasteiger partial charge is 0.511 e. The third kappa shape index (κ3) is 2.91. The van der Waals surface area contributed by atoms with E-state index in [1.165, 1.54) is 0 Å². The summed E-state index contributed by atoms with van der Waals surface area (Å²) in [5.41, 5.74) is -5.17. The molecule has 0 spiro atoms. The summed E-state index contributed by atoms with van der Waals surface area (Å²) in [6.07, 6.45) is 4.61. The first-order chi connectivity index (χ1) is 8.75. The summed E-state index contributed by atoms with van der Waals surface area (Å²) in [6.45, 7) is 2.14. The lowest BCUT2D eigenvalue weighted by Gasteiger charge is -2.43. The van der Waals surface area contributed by atoms with Gasteiger partial charge in [-0.15, -0.1) is 0 Å². The first kappa shape index (κ1) is 15.1. The zero-order valence-electron chi connectivity index (χ0n) is 11.0. The smallest absolute Gasteiger partial charge is 0.203 e. The molecule has 3 unspecified atom stereocenters. The van der Waals surface area contributed by atoms with Crippen molar-refractivity contribution in [1.82, 2.24) is 4.31 Å². The molecular weight excluding hydrogens is 279 g/mol. The highest BCUT2D eigenvalue weighted by molar-refractivity contribution is 7.90. The number of alkyl halides is 3. The molecule has 1 aliphatic carbocycles. The van der Waals surface area contributed by atoms with Crippen LogP contribution in [0.1, 0.15) is 39.0 Å². The maximum absolute atomic E-state index is 12.6. The van der Waals surface area contributed by atoms with Gasteiger partial charge in [0.25, 0.3) is 0 Å². The van der Waals surface area contributed by atoms with E-state index < -0.39 is 15.5 Å². The topological polar surface area (TPSA) is 37.4 Å². The van der Waals surface area contributed by atoms with Gasteiger partial charge in [0.2, 0.25) is 0 Å². The van der Waals surface area contributed by atoms with E-state index in [0.29, 0.717) is 22.6 Å². The SMILES string of the molecule is CCC1CCC2CCN(S(=O)(=O)C(F)(F)F)CC2C1. The summed E-state index contributed by atoms with van der Waals surface area (Å²) in [5.74, 6) is 1.04. The van der Waals surface area contributed by atoms with Crippen LogP contribution >= 0.6 is 0 Å². The van der Waals surface area contributed by atoms with Gasteiger partial charge >= 0.3 is 15.5 Å². The molecular formula is C12H20F3NO2S.